The van der Waals surface area contributed by atoms with E-state index < -0.39 is 13.0 Å². The fraction of sp³-hybridized carbons (Fsp3) is 0.385. The molecule has 0 saturated carbocycles. The predicted molar refractivity (Wildman–Crippen MR) is 64.6 cm³/mol. The lowest BCUT2D eigenvalue weighted by atomic mass is 10.0. The fourth-order valence-corrected chi connectivity index (χ4v) is 2.01. The van der Waals surface area contributed by atoms with Crippen LogP contribution in [0.25, 0.3) is 11.1 Å². The number of nitrogens with zero attached hydrogens (tertiary/aromatic N) is 2. The summed E-state index contributed by atoms with van der Waals surface area (Å²) in [4.78, 5) is 4.26. The summed E-state index contributed by atoms with van der Waals surface area (Å²) < 4.78 is 36.6. The molecule has 2 aromatic rings. The van der Waals surface area contributed by atoms with Crippen molar-refractivity contribution in [3.05, 3.63) is 35.0 Å². The molecule has 1 N–H and O–H groups in total. The molecule has 0 aliphatic carbocycles. The van der Waals surface area contributed by atoms with Crippen molar-refractivity contribution in [3.63, 3.8) is 0 Å². The van der Waals surface area contributed by atoms with Gasteiger partial charge in [0.1, 0.15) is 5.76 Å². The summed E-state index contributed by atoms with van der Waals surface area (Å²) in [5.41, 5.74) is 3.02. The van der Waals surface area contributed by atoms with Gasteiger partial charge in [0.2, 0.25) is 0 Å². The van der Waals surface area contributed by atoms with Crippen LogP contribution in [-0.2, 0) is 12.9 Å². The summed E-state index contributed by atoms with van der Waals surface area (Å²) in [6.07, 6.45) is 1.65. The minimum atomic E-state index is -1.97. The van der Waals surface area contributed by atoms with Gasteiger partial charge in [0, 0.05) is 47.9 Å². The highest BCUT2D eigenvalue weighted by atomic mass is 16.5. The Morgan fingerprint density at radius 3 is 3.12 bits per heavy atom. The third-order valence-corrected chi connectivity index (χ3v) is 2.83. The Bertz CT molecular complexity index is 692. The van der Waals surface area contributed by atoms with Crippen molar-refractivity contribution in [2.45, 2.75) is 26.8 Å². The van der Waals surface area contributed by atoms with Crippen LogP contribution in [0.15, 0.2) is 16.8 Å². The zero-order valence-corrected chi connectivity index (χ0v) is 9.66. The van der Waals surface area contributed by atoms with E-state index in [0.717, 1.165) is 11.1 Å². The zero-order chi connectivity index (χ0) is 15.4. The highest BCUT2D eigenvalue weighted by molar-refractivity contribution is 5.67. The molecule has 0 aromatic carbocycles. The van der Waals surface area contributed by atoms with Gasteiger partial charge >= 0.3 is 0 Å². The number of aromatic nitrogens is 2. The van der Waals surface area contributed by atoms with Crippen LogP contribution in [0.2, 0.25) is 0 Å². The first kappa shape index (κ1) is 6.91. The van der Waals surface area contributed by atoms with Gasteiger partial charge in [-0.25, -0.2) is 0 Å². The molecule has 0 unspecified atom stereocenters. The Morgan fingerprint density at radius 1 is 1.47 bits per heavy atom. The maximum absolute atomic E-state index is 8.03. The number of fused-ring (bicyclic) bond motifs is 1. The van der Waals surface area contributed by atoms with Crippen molar-refractivity contribution in [2.24, 2.45) is 0 Å². The molecule has 3 rings (SSSR count). The number of rotatable bonds is 1. The molecule has 2 aromatic heterocycles. The van der Waals surface area contributed by atoms with Gasteiger partial charge in [-0.05, 0) is 25.5 Å². The van der Waals surface area contributed by atoms with E-state index in [1.165, 1.54) is 0 Å². The fourth-order valence-electron chi connectivity index (χ4n) is 2.01. The lowest BCUT2D eigenvalue weighted by Crippen LogP contribution is -2.24. The molecular weight excluding hydrogens is 214 g/mol. The van der Waals surface area contributed by atoms with Crippen molar-refractivity contribution in [3.8, 4) is 11.1 Å². The average molecular weight is 233 g/mol. The maximum Gasteiger partial charge on any atom is 0.141 e. The van der Waals surface area contributed by atoms with Gasteiger partial charge in [-0.15, -0.1) is 0 Å². The van der Waals surface area contributed by atoms with E-state index in [-0.39, 0.29) is 6.42 Å². The number of hydrogen-bond acceptors (Lipinski definition) is 4. The van der Waals surface area contributed by atoms with Crippen molar-refractivity contribution in [1.82, 2.24) is 15.5 Å². The van der Waals surface area contributed by atoms with Gasteiger partial charge in [-0.2, -0.15) is 0 Å². The summed E-state index contributed by atoms with van der Waals surface area (Å²) in [5, 5.41) is 6.27. The van der Waals surface area contributed by atoms with E-state index in [9.17, 15) is 0 Å². The Balaban J connectivity index is 2.15. The van der Waals surface area contributed by atoms with Gasteiger partial charge in [0.15, 0.2) is 0 Å². The van der Waals surface area contributed by atoms with Crippen molar-refractivity contribution in [2.75, 3.05) is 6.50 Å². The molecule has 0 fully saturated rings. The summed E-state index contributed by atoms with van der Waals surface area (Å²) in [6, 6.07) is 1.69. The second kappa shape index (κ2) is 3.96. The highest BCUT2D eigenvalue weighted by Crippen LogP contribution is 2.28. The molecule has 0 saturated heterocycles. The molecule has 1 aliphatic rings. The van der Waals surface area contributed by atoms with Gasteiger partial charge in [0.05, 0.1) is 5.69 Å². The van der Waals surface area contributed by atoms with Crippen LogP contribution >= 0.6 is 0 Å². The molecular formula is C13H15N3O. The topological polar surface area (TPSA) is 51.0 Å². The highest BCUT2D eigenvalue weighted by Gasteiger charge is 2.15. The molecule has 0 atom stereocenters. The molecule has 4 heteroatoms. The monoisotopic (exact) mass is 233 g/mol. The third kappa shape index (κ3) is 1.74. The number of nitrogens with one attached hydrogen (secondary N) is 1. The SMILES string of the molecule is [2H]C1([2H])Cc2ncc(-c3c(C)noc3C)cc2C([2H])([2H])N1. The minimum Gasteiger partial charge on any atom is -0.361 e. The van der Waals surface area contributed by atoms with E-state index in [1.807, 2.05) is 6.92 Å². The first-order chi connectivity index (χ1) is 9.70. The lowest BCUT2D eigenvalue weighted by molar-refractivity contribution is 0.393. The van der Waals surface area contributed by atoms with Crippen LogP contribution in [0.3, 0.4) is 0 Å². The van der Waals surface area contributed by atoms with Crippen LogP contribution in [0, 0.1) is 13.8 Å². The third-order valence-electron chi connectivity index (χ3n) is 2.83. The van der Waals surface area contributed by atoms with E-state index in [2.05, 4.69) is 15.5 Å². The summed E-state index contributed by atoms with van der Waals surface area (Å²) in [5.74, 6) is 0.647. The first-order valence-electron chi connectivity index (χ1n) is 7.42. The molecule has 0 bridgehead atoms. The molecule has 4 nitrogen and oxygen atoms in total. The van der Waals surface area contributed by atoms with E-state index >= 15 is 0 Å². The van der Waals surface area contributed by atoms with Crippen LogP contribution in [0.1, 0.15) is 28.2 Å². The van der Waals surface area contributed by atoms with Crippen LogP contribution in [-0.4, -0.2) is 16.6 Å². The molecule has 17 heavy (non-hydrogen) atoms. The number of hydrogen-bond donors (Lipinski definition) is 1. The predicted octanol–water partition coefficient (Wildman–Crippen LogP) is 2.00. The number of pyridine rings is 1. The quantitative estimate of drug-likeness (QED) is 0.818. The minimum absolute atomic E-state index is 0.0315. The van der Waals surface area contributed by atoms with Gasteiger partial charge < -0.3 is 9.84 Å². The summed E-state index contributed by atoms with van der Waals surface area (Å²) in [6.45, 7) is -0.176. The largest absolute Gasteiger partial charge is 0.361 e. The molecule has 3 heterocycles. The normalized spacial score (nSPS) is 24.1. The molecule has 0 radical (unpaired) electrons. The summed E-state index contributed by atoms with van der Waals surface area (Å²) >= 11 is 0. The molecule has 0 spiro atoms. The van der Waals surface area contributed by atoms with E-state index in [0.29, 0.717) is 22.7 Å². The lowest BCUT2D eigenvalue weighted by Gasteiger charge is -2.16. The molecule has 88 valence electrons. The van der Waals surface area contributed by atoms with Crippen LogP contribution in [0.4, 0.5) is 0 Å². The van der Waals surface area contributed by atoms with Crippen molar-refractivity contribution in [1.29, 1.82) is 0 Å². The maximum atomic E-state index is 8.03. The Morgan fingerprint density at radius 2 is 2.35 bits per heavy atom. The Kier molecular flexibility index (Phi) is 1.61. The van der Waals surface area contributed by atoms with Crippen molar-refractivity contribution >= 4 is 0 Å². The number of aryl methyl sites for hydroxylation is 3. The van der Waals surface area contributed by atoms with Crippen LogP contribution in [0.5, 0.6) is 0 Å². The standard InChI is InChI=1S/C13H15N3O/c1-8-13(9(2)17-16-8)11-5-10-6-14-4-3-12(10)15-7-11/h5,7,14H,3-4,6H2,1-2H3/i4D2,6D2. The average Bonchev–Trinajstić information content (AvgIpc) is 2.67. The van der Waals surface area contributed by atoms with Gasteiger partial charge in [0.25, 0.3) is 0 Å². The zero-order valence-electron chi connectivity index (χ0n) is 13.7. The van der Waals surface area contributed by atoms with Gasteiger partial charge in [-0.1, -0.05) is 5.16 Å². The smallest absolute Gasteiger partial charge is 0.141 e. The van der Waals surface area contributed by atoms with E-state index in [4.69, 9.17) is 10.0 Å². The van der Waals surface area contributed by atoms with Gasteiger partial charge in [-0.3, -0.25) is 4.98 Å². The Hall–Kier alpha value is -1.68. The molecule has 1 aliphatic heterocycles. The summed E-state index contributed by atoms with van der Waals surface area (Å²) in [7, 11) is 0. The second-order valence-corrected chi connectivity index (χ2v) is 4.02. The van der Waals surface area contributed by atoms with Crippen LogP contribution < -0.4 is 5.32 Å². The van der Waals surface area contributed by atoms with Crippen molar-refractivity contribution < 1.29 is 10.0 Å². The first-order valence-corrected chi connectivity index (χ1v) is 5.42. The van der Waals surface area contributed by atoms with E-state index in [1.54, 1.807) is 19.2 Å². The molecule has 0 amide bonds. The second-order valence-electron chi connectivity index (χ2n) is 4.02. The Labute approximate surface area is 106 Å².